The predicted molar refractivity (Wildman–Crippen MR) is 85.8 cm³/mol. The van der Waals surface area contributed by atoms with Gasteiger partial charge in [-0.15, -0.1) is 0 Å². The van der Waals surface area contributed by atoms with Gasteiger partial charge in [-0.25, -0.2) is 0 Å². The highest BCUT2D eigenvalue weighted by Gasteiger charge is 2.12. The van der Waals surface area contributed by atoms with Gasteiger partial charge < -0.3 is 5.32 Å². The first-order valence-corrected chi connectivity index (χ1v) is 6.97. The molecule has 1 N–H and O–H groups in total. The molecule has 0 bridgehead atoms. The molecule has 2 aromatic rings. The molecule has 1 atom stereocenters. The van der Waals surface area contributed by atoms with E-state index in [1.54, 1.807) is 12.1 Å². The second-order valence-electron chi connectivity index (χ2n) is 5.47. The van der Waals surface area contributed by atoms with Crippen LogP contribution < -0.4 is 5.32 Å². The molecule has 2 rings (SSSR count). The average molecular weight is 284 g/mol. The van der Waals surface area contributed by atoms with Gasteiger partial charge in [0.05, 0.1) is 4.92 Å². The molecule has 0 spiro atoms. The van der Waals surface area contributed by atoms with E-state index >= 15 is 0 Å². The zero-order valence-corrected chi connectivity index (χ0v) is 12.8. The van der Waals surface area contributed by atoms with Crippen molar-refractivity contribution in [1.82, 2.24) is 0 Å². The van der Waals surface area contributed by atoms with Crippen molar-refractivity contribution in [3.8, 4) is 0 Å². The fourth-order valence-electron chi connectivity index (χ4n) is 2.49. The first kappa shape index (κ1) is 15.0. The maximum atomic E-state index is 10.8. The number of nitrogens with one attached hydrogen (secondary N) is 1. The van der Waals surface area contributed by atoms with E-state index in [1.165, 1.54) is 28.3 Å². The van der Waals surface area contributed by atoms with Crippen LogP contribution in [0.4, 0.5) is 11.4 Å². The van der Waals surface area contributed by atoms with Crippen LogP contribution in [0, 0.1) is 30.9 Å². The molecule has 0 fully saturated rings. The lowest BCUT2D eigenvalue weighted by molar-refractivity contribution is -0.384. The smallest absolute Gasteiger partial charge is 0.271 e. The first-order valence-electron chi connectivity index (χ1n) is 6.97. The highest BCUT2D eigenvalue weighted by atomic mass is 16.6. The number of non-ortho nitro benzene ring substituents is 1. The van der Waals surface area contributed by atoms with Crippen molar-refractivity contribution in [1.29, 1.82) is 0 Å². The topological polar surface area (TPSA) is 55.2 Å². The van der Waals surface area contributed by atoms with Crippen molar-refractivity contribution in [3.63, 3.8) is 0 Å². The highest BCUT2D eigenvalue weighted by molar-refractivity contribution is 5.53. The van der Waals surface area contributed by atoms with E-state index < -0.39 is 0 Å². The summed E-state index contributed by atoms with van der Waals surface area (Å²) in [4.78, 5) is 10.4. The van der Waals surface area contributed by atoms with Crippen LogP contribution in [0.25, 0.3) is 0 Å². The summed E-state index contributed by atoms with van der Waals surface area (Å²) >= 11 is 0. The van der Waals surface area contributed by atoms with Crippen molar-refractivity contribution in [2.24, 2.45) is 0 Å². The number of benzene rings is 2. The number of hydrogen-bond donors (Lipinski definition) is 1. The molecule has 0 aromatic heterocycles. The maximum absolute atomic E-state index is 10.8. The molecule has 1 unspecified atom stereocenters. The van der Waals surface area contributed by atoms with E-state index in [2.05, 4.69) is 45.1 Å². The molecule has 0 aliphatic rings. The Balaban J connectivity index is 2.26. The van der Waals surface area contributed by atoms with Crippen LogP contribution in [0.1, 0.15) is 35.2 Å². The molecule has 4 heteroatoms. The first-order chi connectivity index (χ1) is 9.88. The van der Waals surface area contributed by atoms with Gasteiger partial charge in [-0.05, 0) is 56.0 Å². The van der Waals surface area contributed by atoms with Crippen LogP contribution in [-0.2, 0) is 0 Å². The normalized spacial score (nSPS) is 12.0. The number of nitro groups is 1. The molecular weight excluding hydrogens is 264 g/mol. The van der Waals surface area contributed by atoms with Gasteiger partial charge >= 0.3 is 0 Å². The van der Waals surface area contributed by atoms with Gasteiger partial charge in [-0.1, -0.05) is 18.2 Å². The summed E-state index contributed by atoms with van der Waals surface area (Å²) in [6.45, 7) is 8.35. The Labute approximate surface area is 125 Å². The Morgan fingerprint density at radius 3 is 2.38 bits per heavy atom. The van der Waals surface area contributed by atoms with Gasteiger partial charge in [-0.3, -0.25) is 10.1 Å². The Morgan fingerprint density at radius 2 is 1.71 bits per heavy atom. The summed E-state index contributed by atoms with van der Waals surface area (Å²) in [5.74, 6) is 0. The molecule has 4 nitrogen and oxygen atoms in total. The van der Waals surface area contributed by atoms with Gasteiger partial charge in [0.15, 0.2) is 0 Å². The molecule has 21 heavy (non-hydrogen) atoms. The van der Waals surface area contributed by atoms with Gasteiger partial charge in [-0.2, -0.15) is 0 Å². The number of nitrogens with zero attached hydrogens (tertiary/aromatic N) is 1. The molecule has 0 saturated carbocycles. The van der Waals surface area contributed by atoms with Crippen molar-refractivity contribution >= 4 is 11.4 Å². The van der Waals surface area contributed by atoms with Crippen LogP contribution in [0.15, 0.2) is 36.4 Å². The number of nitro benzene ring substituents is 1. The van der Waals surface area contributed by atoms with Crippen LogP contribution >= 0.6 is 0 Å². The summed E-state index contributed by atoms with van der Waals surface area (Å²) in [7, 11) is 0. The van der Waals surface area contributed by atoms with Crippen molar-refractivity contribution in [2.45, 2.75) is 33.7 Å². The van der Waals surface area contributed by atoms with Gasteiger partial charge in [0.25, 0.3) is 5.69 Å². The summed E-state index contributed by atoms with van der Waals surface area (Å²) < 4.78 is 0. The van der Waals surface area contributed by atoms with Gasteiger partial charge in [0.2, 0.25) is 0 Å². The molecule has 0 amide bonds. The third kappa shape index (κ3) is 3.40. The number of hydrogen-bond acceptors (Lipinski definition) is 3. The number of rotatable bonds is 4. The van der Waals surface area contributed by atoms with E-state index in [0.717, 1.165) is 5.69 Å². The third-order valence-electron chi connectivity index (χ3n) is 3.79. The summed E-state index contributed by atoms with van der Waals surface area (Å²) in [6, 6.07) is 11.0. The largest absolute Gasteiger partial charge is 0.378 e. The van der Waals surface area contributed by atoms with E-state index in [1.807, 2.05) is 6.07 Å². The quantitative estimate of drug-likeness (QED) is 0.654. The third-order valence-corrected chi connectivity index (χ3v) is 3.79. The fraction of sp³-hybridized carbons (Fsp3) is 0.294. The second-order valence-corrected chi connectivity index (χ2v) is 5.47. The molecule has 0 aliphatic carbocycles. The van der Waals surface area contributed by atoms with Crippen LogP contribution in [0.3, 0.4) is 0 Å². The monoisotopic (exact) mass is 284 g/mol. The molecule has 110 valence electrons. The average Bonchev–Trinajstić information content (AvgIpc) is 2.43. The Hall–Kier alpha value is -2.36. The van der Waals surface area contributed by atoms with E-state index in [-0.39, 0.29) is 16.7 Å². The Bertz CT molecular complexity index is 680. The van der Waals surface area contributed by atoms with Crippen molar-refractivity contribution in [3.05, 3.63) is 68.8 Å². The minimum Gasteiger partial charge on any atom is -0.378 e. The molecule has 2 aromatic carbocycles. The molecule has 0 radical (unpaired) electrons. The van der Waals surface area contributed by atoms with Crippen molar-refractivity contribution < 1.29 is 4.92 Å². The van der Waals surface area contributed by atoms with Crippen LogP contribution in [-0.4, -0.2) is 4.92 Å². The van der Waals surface area contributed by atoms with Gasteiger partial charge in [0, 0.05) is 23.9 Å². The zero-order chi connectivity index (χ0) is 15.6. The van der Waals surface area contributed by atoms with Crippen LogP contribution in [0.2, 0.25) is 0 Å². The molecular formula is C17H20N2O2. The molecule has 0 aliphatic heterocycles. The molecule has 0 heterocycles. The minimum absolute atomic E-state index is 0.0892. The zero-order valence-electron chi connectivity index (χ0n) is 12.8. The lowest BCUT2D eigenvalue weighted by Crippen LogP contribution is -2.09. The summed E-state index contributed by atoms with van der Waals surface area (Å²) in [5, 5.41) is 14.2. The number of aryl methyl sites for hydroxylation is 3. The lowest BCUT2D eigenvalue weighted by Gasteiger charge is -2.19. The van der Waals surface area contributed by atoms with E-state index in [4.69, 9.17) is 0 Å². The maximum Gasteiger partial charge on any atom is 0.271 e. The van der Waals surface area contributed by atoms with Crippen molar-refractivity contribution in [2.75, 3.05) is 5.32 Å². The standard InChI is InChI=1S/C17H20N2O2/c1-11-8-13(3)17(9-12(11)2)14(4)18-15-6-5-7-16(10-15)19(20)21/h5-10,14,18H,1-4H3. The predicted octanol–water partition coefficient (Wildman–Crippen LogP) is 4.69. The fourth-order valence-corrected chi connectivity index (χ4v) is 2.49. The molecule has 0 saturated heterocycles. The highest BCUT2D eigenvalue weighted by Crippen LogP contribution is 2.26. The SMILES string of the molecule is Cc1cc(C)c(C(C)Nc2cccc([N+](=O)[O-])c2)cc1C. The van der Waals surface area contributed by atoms with Gasteiger partial charge in [0.1, 0.15) is 0 Å². The van der Waals surface area contributed by atoms with Crippen LogP contribution in [0.5, 0.6) is 0 Å². The summed E-state index contributed by atoms with van der Waals surface area (Å²) in [5.41, 5.74) is 5.83. The summed E-state index contributed by atoms with van der Waals surface area (Å²) in [6.07, 6.45) is 0. The van der Waals surface area contributed by atoms with E-state index in [9.17, 15) is 10.1 Å². The minimum atomic E-state index is -0.378. The second kappa shape index (κ2) is 5.95. The number of anilines is 1. The van der Waals surface area contributed by atoms with E-state index in [0.29, 0.717) is 0 Å². The Morgan fingerprint density at radius 1 is 1.05 bits per heavy atom. The lowest BCUT2D eigenvalue weighted by atomic mass is 9.96. The Kier molecular flexibility index (Phi) is 4.26.